The third-order valence-corrected chi connectivity index (χ3v) is 12.1. The van der Waals surface area contributed by atoms with Gasteiger partial charge in [-0.3, -0.25) is 4.79 Å². The number of hydrogen-bond donors (Lipinski definition) is 4. The number of allylic oxidation sites excluding steroid dienone is 3. The van der Waals surface area contributed by atoms with Crippen LogP contribution in [0.15, 0.2) is 29.0 Å². The van der Waals surface area contributed by atoms with Gasteiger partial charge in [0.05, 0.1) is 55.3 Å². The largest absolute Gasteiger partial charge is 0.462 e. The summed E-state index contributed by atoms with van der Waals surface area (Å²) < 4.78 is 53.9. The molecule has 61 heavy (non-hydrogen) atoms. The third kappa shape index (κ3) is 14.5. The average molecular weight is 871 g/mol. The summed E-state index contributed by atoms with van der Waals surface area (Å²) in [7, 11) is 9.51. The molecule has 0 saturated carbocycles. The highest BCUT2D eigenvalue weighted by molar-refractivity contribution is 5.96. The first-order chi connectivity index (χ1) is 29.0. The highest BCUT2D eigenvalue weighted by Gasteiger charge is 2.48. The van der Waals surface area contributed by atoms with E-state index in [1.54, 1.807) is 39.8 Å². The summed E-state index contributed by atoms with van der Waals surface area (Å²) >= 11 is 0. The van der Waals surface area contributed by atoms with Gasteiger partial charge in [-0.1, -0.05) is 49.6 Å². The van der Waals surface area contributed by atoms with E-state index in [0.29, 0.717) is 18.6 Å². The van der Waals surface area contributed by atoms with Crippen molar-refractivity contribution in [3.05, 3.63) is 23.8 Å². The number of aliphatic hydroxyl groups excluding tert-OH is 4. The SMILES string of the molecule is C#CCO/N=C1/C=C/C(C)=C/[C@H](CO[C@@H]2O[C@H](C)[C@@H](O)[C@@H](OC)[C@H]2OC)[C@@H](CC)OC(=O)C[C@@H](O)[C@H](C)[C@@H](O[C@@H]2O[C@H](C)[C@@H](O)[C@H](N(C)C)[C@H]2O)[C@@H](CC(OC)OC)C[C@H]1C. The molecule has 17 nitrogen and oxygen atoms in total. The van der Waals surface area contributed by atoms with E-state index in [2.05, 4.69) is 11.1 Å². The molecule has 17 atom stereocenters. The number of carbonyl (C=O) groups excluding carboxylic acids is 1. The average Bonchev–Trinajstić information content (AvgIpc) is 3.22. The Balaban J connectivity index is 2.13. The Hall–Kier alpha value is -2.54. The van der Waals surface area contributed by atoms with E-state index in [9.17, 15) is 25.2 Å². The lowest BCUT2D eigenvalue weighted by atomic mass is 9.79. The number of rotatable bonds is 15. The molecule has 0 bridgehead atoms. The lowest BCUT2D eigenvalue weighted by molar-refractivity contribution is -0.305. The first-order valence-corrected chi connectivity index (χ1v) is 21.2. The number of hydrogen-bond acceptors (Lipinski definition) is 17. The second-order valence-corrected chi connectivity index (χ2v) is 16.7. The smallest absolute Gasteiger partial charge is 0.308 e. The minimum atomic E-state index is -1.28. The maximum Gasteiger partial charge on any atom is 0.308 e. The number of cyclic esters (lactones) is 1. The predicted octanol–water partition coefficient (Wildman–Crippen LogP) is 2.42. The molecule has 2 fully saturated rings. The number of esters is 1. The maximum absolute atomic E-state index is 13.8. The van der Waals surface area contributed by atoms with Crippen LogP contribution in [0.1, 0.15) is 67.2 Å². The summed E-state index contributed by atoms with van der Waals surface area (Å²) in [4.78, 5) is 21.1. The van der Waals surface area contributed by atoms with Crippen LogP contribution in [0.25, 0.3) is 0 Å². The van der Waals surface area contributed by atoms with Gasteiger partial charge in [-0.05, 0) is 59.7 Å². The van der Waals surface area contributed by atoms with Crippen LogP contribution in [-0.4, -0.2) is 179 Å². The Morgan fingerprint density at radius 3 is 2.15 bits per heavy atom. The third-order valence-electron chi connectivity index (χ3n) is 12.1. The van der Waals surface area contributed by atoms with Crippen molar-refractivity contribution in [1.82, 2.24) is 4.90 Å². The van der Waals surface area contributed by atoms with E-state index < -0.39 is 110 Å². The molecule has 0 spiro atoms. The lowest BCUT2D eigenvalue weighted by Gasteiger charge is -2.47. The number of carbonyl (C=O) groups is 1. The summed E-state index contributed by atoms with van der Waals surface area (Å²) in [6.07, 6.45) is 0.128. The molecule has 3 rings (SSSR count). The summed E-state index contributed by atoms with van der Waals surface area (Å²) in [5.41, 5.74) is 1.35. The summed E-state index contributed by atoms with van der Waals surface area (Å²) in [6.45, 7) is 10.9. The molecule has 3 aliphatic rings. The molecule has 4 N–H and O–H groups in total. The first kappa shape index (κ1) is 52.8. The molecular formula is C44H74N2O15. The van der Waals surface area contributed by atoms with Gasteiger partial charge in [0.25, 0.3) is 0 Å². The Morgan fingerprint density at radius 1 is 0.918 bits per heavy atom. The number of aliphatic hydroxyl groups is 4. The topological polar surface area (TPSA) is 206 Å². The van der Waals surface area contributed by atoms with Crippen LogP contribution in [0.2, 0.25) is 0 Å². The normalized spacial score (nSPS) is 40.6. The second kappa shape index (κ2) is 25.7. The molecule has 17 heteroatoms. The maximum atomic E-state index is 13.8. The molecular weight excluding hydrogens is 796 g/mol. The van der Waals surface area contributed by atoms with Crippen molar-refractivity contribution >= 4 is 11.7 Å². The van der Waals surface area contributed by atoms with E-state index in [0.717, 1.165) is 5.57 Å². The van der Waals surface area contributed by atoms with Crippen molar-refractivity contribution in [2.75, 3.05) is 55.7 Å². The summed E-state index contributed by atoms with van der Waals surface area (Å²) in [5.74, 6) is -0.232. The lowest BCUT2D eigenvalue weighted by Crippen LogP contribution is -2.63. The van der Waals surface area contributed by atoms with Crippen molar-refractivity contribution in [1.29, 1.82) is 0 Å². The van der Waals surface area contributed by atoms with Gasteiger partial charge in [0.2, 0.25) is 0 Å². The van der Waals surface area contributed by atoms with Crippen LogP contribution in [0.5, 0.6) is 0 Å². The van der Waals surface area contributed by atoms with Crippen LogP contribution in [0.3, 0.4) is 0 Å². The zero-order valence-corrected chi connectivity index (χ0v) is 38.1. The predicted molar refractivity (Wildman–Crippen MR) is 225 cm³/mol. The zero-order chi connectivity index (χ0) is 45.6. The van der Waals surface area contributed by atoms with Crippen molar-refractivity contribution in [3.63, 3.8) is 0 Å². The Kier molecular flexibility index (Phi) is 22.2. The standard InChI is InChI=1S/C44H74N2O15/c1-14-18-57-45-31-17-16-24(3)19-30(23-56-44-42(55-13)41(54-12)38(50)28(7)59-44)33(15-2)60-34(48)22-32(47)26(5)40(29(20-25(31)4)21-35(52-10)53-11)61-43-39(51)36(46(8)9)37(49)27(6)58-43/h1,16-17,19,25-30,32-33,35-44,47,49-51H,15,18,20-23H2,2-13H3/b17-16+,24-19+,45-31-/t25-,26+,27-,28-,29-,30-,32-,33-,36+,37-,38-,39-,40-,41-,42-,43+,44-/m1/s1. The van der Waals surface area contributed by atoms with Gasteiger partial charge in [-0.15, -0.1) is 6.42 Å². The molecule has 0 aliphatic carbocycles. The van der Waals surface area contributed by atoms with Gasteiger partial charge in [0.15, 0.2) is 25.5 Å². The number of nitrogens with zero attached hydrogens (tertiary/aromatic N) is 2. The van der Waals surface area contributed by atoms with Crippen LogP contribution in [0.4, 0.5) is 0 Å². The molecule has 350 valence electrons. The molecule has 0 unspecified atom stereocenters. The van der Waals surface area contributed by atoms with Crippen molar-refractivity contribution in [3.8, 4) is 12.3 Å². The Labute approximate surface area is 362 Å². The fraction of sp³-hybridized carbons (Fsp3) is 0.818. The molecule has 0 aromatic rings. The minimum absolute atomic E-state index is 0.0326. The quantitative estimate of drug-likeness (QED) is 0.0613. The molecule has 3 aliphatic heterocycles. The van der Waals surface area contributed by atoms with Gasteiger partial charge in [0, 0.05) is 52.6 Å². The van der Waals surface area contributed by atoms with Crippen LogP contribution < -0.4 is 0 Å². The first-order valence-electron chi connectivity index (χ1n) is 21.2. The molecule has 0 amide bonds. The van der Waals surface area contributed by atoms with E-state index in [1.165, 1.54) is 28.4 Å². The van der Waals surface area contributed by atoms with Crippen LogP contribution in [-0.2, 0) is 52.3 Å². The van der Waals surface area contributed by atoms with Gasteiger partial charge < -0.3 is 72.8 Å². The minimum Gasteiger partial charge on any atom is -0.462 e. The van der Waals surface area contributed by atoms with E-state index in [4.69, 9.17) is 53.9 Å². The van der Waals surface area contributed by atoms with Gasteiger partial charge in [-0.25, -0.2) is 0 Å². The molecule has 3 heterocycles. The monoisotopic (exact) mass is 871 g/mol. The van der Waals surface area contributed by atoms with Gasteiger partial charge in [-0.2, -0.15) is 0 Å². The molecule has 0 radical (unpaired) electrons. The fourth-order valence-electron chi connectivity index (χ4n) is 8.44. The second-order valence-electron chi connectivity index (χ2n) is 16.7. The fourth-order valence-corrected chi connectivity index (χ4v) is 8.44. The number of oxime groups is 1. The van der Waals surface area contributed by atoms with Gasteiger partial charge in [0.1, 0.15) is 30.5 Å². The van der Waals surface area contributed by atoms with Crippen molar-refractivity contribution in [2.24, 2.45) is 28.8 Å². The van der Waals surface area contributed by atoms with Crippen LogP contribution >= 0.6 is 0 Å². The number of ether oxygens (including phenoxy) is 9. The number of methoxy groups -OCH3 is 4. The van der Waals surface area contributed by atoms with Crippen molar-refractivity contribution in [2.45, 2.75) is 153 Å². The number of terminal acetylenes is 1. The van der Waals surface area contributed by atoms with E-state index in [1.807, 2.05) is 39.0 Å². The Bertz CT molecular complexity index is 1450. The van der Waals surface area contributed by atoms with E-state index >= 15 is 0 Å². The molecule has 0 aromatic heterocycles. The Morgan fingerprint density at radius 2 is 1.56 bits per heavy atom. The number of likely N-dealkylation sites (N-methyl/N-ethyl adjacent to an activating group) is 1. The summed E-state index contributed by atoms with van der Waals surface area (Å²) in [5, 5.41) is 49.6. The van der Waals surface area contributed by atoms with Gasteiger partial charge >= 0.3 is 5.97 Å². The highest BCUT2D eigenvalue weighted by Crippen LogP contribution is 2.36. The van der Waals surface area contributed by atoms with Crippen molar-refractivity contribution < 1.29 is 72.7 Å². The van der Waals surface area contributed by atoms with Crippen LogP contribution in [0, 0.1) is 36.0 Å². The zero-order valence-electron chi connectivity index (χ0n) is 38.1. The molecule has 0 aromatic carbocycles. The summed E-state index contributed by atoms with van der Waals surface area (Å²) in [6, 6.07) is -0.726. The highest BCUT2D eigenvalue weighted by atomic mass is 16.7. The molecule has 2 saturated heterocycles. The van der Waals surface area contributed by atoms with E-state index in [-0.39, 0.29) is 32.0 Å².